The molecule has 0 radical (unpaired) electrons. The van der Waals surface area contributed by atoms with E-state index in [1.807, 2.05) is 36.4 Å². The molecule has 0 saturated carbocycles. The molecule has 106 valence electrons. The summed E-state index contributed by atoms with van der Waals surface area (Å²) in [5, 5.41) is 9.23. The van der Waals surface area contributed by atoms with Gasteiger partial charge in [0.15, 0.2) is 0 Å². The molecule has 21 heavy (non-hydrogen) atoms. The Balaban J connectivity index is 2.83. The Morgan fingerprint density at radius 1 is 1.24 bits per heavy atom. The second-order valence-corrected chi connectivity index (χ2v) is 4.54. The second kappa shape index (κ2) is 6.29. The van der Waals surface area contributed by atoms with E-state index < -0.39 is 5.97 Å². The highest BCUT2D eigenvalue weighted by Crippen LogP contribution is 2.39. The largest absolute Gasteiger partial charge is 0.495 e. The van der Waals surface area contributed by atoms with Gasteiger partial charge in [-0.2, -0.15) is 5.26 Å². The highest BCUT2D eigenvalue weighted by Gasteiger charge is 2.24. The molecule has 0 amide bonds. The molecule has 0 atom stereocenters. The van der Waals surface area contributed by atoms with Gasteiger partial charge in [0.2, 0.25) is 0 Å². The third-order valence-electron chi connectivity index (χ3n) is 3.02. The van der Waals surface area contributed by atoms with Gasteiger partial charge in [-0.25, -0.2) is 4.79 Å². The number of carbonyl (C=O) groups excluding carboxylic acids is 1. The van der Waals surface area contributed by atoms with Crippen LogP contribution in [0.15, 0.2) is 36.4 Å². The molecule has 0 heterocycles. The van der Waals surface area contributed by atoms with Crippen LogP contribution >= 0.6 is 11.6 Å². The maximum absolute atomic E-state index is 12.0. The van der Waals surface area contributed by atoms with Crippen LogP contribution in [-0.2, 0) is 4.74 Å². The van der Waals surface area contributed by atoms with Gasteiger partial charge >= 0.3 is 5.97 Å². The minimum atomic E-state index is -0.647. The number of methoxy groups -OCH3 is 2. The molecule has 0 N–H and O–H groups in total. The van der Waals surface area contributed by atoms with Crippen molar-refractivity contribution in [3.63, 3.8) is 0 Å². The maximum Gasteiger partial charge on any atom is 0.343 e. The van der Waals surface area contributed by atoms with Crippen molar-refractivity contribution in [2.75, 3.05) is 14.2 Å². The summed E-state index contributed by atoms with van der Waals surface area (Å²) in [6.45, 7) is 0. The molecular weight excluding hydrogens is 290 g/mol. The lowest BCUT2D eigenvalue weighted by atomic mass is 9.98. The number of benzene rings is 2. The van der Waals surface area contributed by atoms with Crippen molar-refractivity contribution in [1.29, 1.82) is 5.26 Å². The Bertz CT molecular complexity index is 721. The fourth-order valence-electron chi connectivity index (χ4n) is 2.05. The lowest BCUT2D eigenvalue weighted by Crippen LogP contribution is -2.07. The lowest BCUT2D eigenvalue weighted by molar-refractivity contribution is 0.0597. The zero-order chi connectivity index (χ0) is 15.4. The van der Waals surface area contributed by atoms with Crippen molar-refractivity contribution in [2.45, 2.75) is 0 Å². The van der Waals surface area contributed by atoms with Crippen molar-refractivity contribution in [2.24, 2.45) is 0 Å². The van der Waals surface area contributed by atoms with E-state index in [1.165, 1.54) is 14.2 Å². The molecule has 0 aliphatic rings. The number of rotatable bonds is 3. The zero-order valence-corrected chi connectivity index (χ0v) is 12.3. The Morgan fingerprint density at radius 3 is 2.43 bits per heavy atom. The van der Waals surface area contributed by atoms with Gasteiger partial charge in [-0.15, -0.1) is 0 Å². The SMILES string of the molecule is COC(=O)c1c(Cl)c(C#N)cc(-c2ccccc2)c1OC. The Hall–Kier alpha value is -2.51. The van der Waals surface area contributed by atoms with Crippen molar-refractivity contribution in [3.05, 3.63) is 52.5 Å². The molecule has 0 saturated heterocycles. The summed E-state index contributed by atoms with van der Waals surface area (Å²) in [6.07, 6.45) is 0. The summed E-state index contributed by atoms with van der Waals surface area (Å²) in [7, 11) is 2.69. The first-order valence-electron chi connectivity index (χ1n) is 6.08. The number of esters is 1. The standard InChI is InChI=1S/C16H12ClNO3/c1-20-15-12(10-6-4-3-5-7-10)8-11(9-18)14(17)13(15)16(19)21-2/h3-8H,1-2H3. The topological polar surface area (TPSA) is 59.3 Å². The minimum Gasteiger partial charge on any atom is -0.495 e. The number of halogens is 1. The predicted octanol–water partition coefficient (Wildman–Crippen LogP) is 3.67. The van der Waals surface area contributed by atoms with E-state index in [-0.39, 0.29) is 21.9 Å². The van der Waals surface area contributed by atoms with E-state index in [1.54, 1.807) is 6.07 Å². The number of nitrogens with zero attached hydrogens (tertiary/aromatic N) is 1. The van der Waals surface area contributed by atoms with E-state index >= 15 is 0 Å². The van der Waals surface area contributed by atoms with Gasteiger partial charge in [0.05, 0.1) is 24.8 Å². The summed E-state index contributed by atoms with van der Waals surface area (Å²) in [6, 6.07) is 12.9. The van der Waals surface area contributed by atoms with E-state index in [0.717, 1.165) is 5.56 Å². The molecule has 5 heteroatoms. The molecule has 2 rings (SSSR count). The van der Waals surface area contributed by atoms with Gasteiger partial charge < -0.3 is 9.47 Å². The molecule has 0 spiro atoms. The van der Waals surface area contributed by atoms with Crippen LogP contribution < -0.4 is 4.74 Å². The van der Waals surface area contributed by atoms with Crippen LogP contribution in [0.5, 0.6) is 5.75 Å². The molecule has 4 nitrogen and oxygen atoms in total. The number of nitriles is 1. The first kappa shape index (κ1) is 14.9. The van der Waals surface area contributed by atoms with Crippen LogP contribution in [0.4, 0.5) is 0 Å². The smallest absolute Gasteiger partial charge is 0.343 e. The van der Waals surface area contributed by atoms with Crippen LogP contribution in [0.2, 0.25) is 5.02 Å². The van der Waals surface area contributed by atoms with E-state index in [2.05, 4.69) is 0 Å². The zero-order valence-electron chi connectivity index (χ0n) is 11.5. The third-order valence-corrected chi connectivity index (χ3v) is 3.41. The summed E-state index contributed by atoms with van der Waals surface area (Å²) in [5.41, 5.74) is 1.67. The fourth-order valence-corrected chi connectivity index (χ4v) is 2.31. The monoisotopic (exact) mass is 301 g/mol. The molecule has 0 aliphatic carbocycles. The van der Waals surface area contributed by atoms with Crippen molar-refractivity contribution < 1.29 is 14.3 Å². The molecular formula is C16H12ClNO3. The van der Waals surface area contributed by atoms with Crippen LogP contribution in [0.3, 0.4) is 0 Å². The van der Waals surface area contributed by atoms with Gasteiger partial charge in [-0.1, -0.05) is 41.9 Å². The Labute approximate surface area is 127 Å². The minimum absolute atomic E-state index is 0.0286. The van der Waals surface area contributed by atoms with Crippen LogP contribution in [-0.4, -0.2) is 20.2 Å². The van der Waals surface area contributed by atoms with Crippen molar-refractivity contribution >= 4 is 17.6 Å². The highest BCUT2D eigenvalue weighted by molar-refractivity contribution is 6.35. The number of carbonyl (C=O) groups is 1. The van der Waals surface area contributed by atoms with Crippen LogP contribution in [0.25, 0.3) is 11.1 Å². The maximum atomic E-state index is 12.0. The van der Waals surface area contributed by atoms with Crippen molar-refractivity contribution in [3.8, 4) is 22.9 Å². The van der Waals surface area contributed by atoms with E-state index in [4.69, 9.17) is 21.1 Å². The third kappa shape index (κ3) is 2.69. The van der Waals surface area contributed by atoms with Gasteiger partial charge in [0, 0.05) is 5.56 Å². The van der Waals surface area contributed by atoms with E-state index in [9.17, 15) is 10.1 Å². The lowest BCUT2D eigenvalue weighted by Gasteiger charge is -2.15. The molecule has 0 aliphatic heterocycles. The predicted molar refractivity (Wildman–Crippen MR) is 79.5 cm³/mol. The van der Waals surface area contributed by atoms with Gasteiger partial charge in [0.25, 0.3) is 0 Å². The first-order valence-corrected chi connectivity index (χ1v) is 6.46. The second-order valence-electron chi connectivity index (χ2n) is 4.16. The van der Waals surface area contributed by atoms with Gasteiger partial charge in [-0.3, -0.25) is 0 Å². The highest BCUT2D eigenvalue weighted by atomic mass is 35.5. The Kier molecular flexibility index (Phi) is 4.46. The van der Waals surface area contributed by atoms with Gasteiger partial charge in [-0.05, 0) is 11.6 Å². The quantitative estimate of drug-likeness (QED) is 0.812. The molecule has 2 aromatic rings. The molecule has 0 aromatic heterocycles. The molecule has 2 aromatic carbocycles. The number of ether oxygens (including phenoxy) is 2. The average molecular weight is 302 g/mol. The summed E-state index contributed by atoms with van der Waals surface area (Å²) >= 11 is 6.12. The molecule has 0 unspecified atom stereocenters. The van der Waals surface area contributed by atoms with Crippen molar-refractivity contribution in [1.82, 2.24) is 0 Å². The van der Waals surface area contributed by atoms with Crippen LogP contribution in [0.1, 0.15) is 15.9 Å². The first-order chi connectivity index (χ1) is 10.1. The summed E-state index contributed by atoms with van der Waals surface area (Å²) in [4.78, 5) is 12.0. The number of hydrogen-bond donors (Lipinski definition) is 0. The average Bonchev–Trinajstić information content (AvgIpc) is 2.54. The summed E-state index contributed by atoms with van der Waals surface area (Å²) < 4.78 is 10.1. The molecule has 0 bridgehead atoms. The normalized spacial score (nSPS) is 9.81. The van der Waals surface area contributed by atoms with Crippen LogP contribution in [0, 0.1) is 11.3 Å². The van der Waals surface area contributed by atoms with E-state index in [0.29, 0.717) is 5.56 Å². The molecule has 0 fully saturated rings. The number of hydrogen-bond acceptors (Lipinski definition) is 4. The summed E-state index contributed by atoms with van der Waals surface area (Å²) in [5.74, 6) is -0.358. The fraction of sp³-hybridized carbons (Fsp3) is 0.125. The van der Waals surface area contributed by atoms with Gasteiger partial charge in [0.1, 0.15) is 17.4 Å². The Morgan fingerprint density at radius 2 is 1.90 bits per heavy atom.